The van der Waals surface area contributed by atoms with Gasteiger partial charge in [0, 0.05) is 5.56 Å². The highest BCUT2D eigenvalue weighted by atomic mass is 16.6. The predicted molar refractivity (Wildman–Crippen MR) is 94.2 cm³/mol. The van der Waals surface area contributed by atoms with E-state index in [4.69, 9.17) is 9.47 Å². The molecule has 0 aliphatic carbocycles. The van der Waals surface area contributed by atoms with Crippen LogP contribution in [0.5, 0.6) is 0 Å². The Balaban J connectivity index is 1.97. The average molecular weight is 344 g/mol. The van der Waals surface area contributed by atoms with Crippen LogP contribution < -0.4 is 0 Å². The zero-order chi connectivity index (χ0) is 18.4. The van der Waals surface area contributed by atoms with Crippen molar-refractivity contribution in [2.75, 3.05) is 6.61 Å². The highest BCUT2D eigenvalue weighted by Gasteiger charge is 2.25. The lowest BCUT2D eigenvalue weighted by Gasteiger charge is -2.25. The summed E-state index contributed by atoms with van der Waals surface area (Å²) in [6, 6.07) is 14.2. The normalized spacial score (nSPS) is 14.6. The largest absolute Gasteiger partial charge is 0.456 e. The van der Waals surface area contributed by atoms with Gasteiger partial charge in [0.15, 0.2) is 6.29 Å². The Bertz CT molecular complexity index is 678. The summed E-state index contributed by atoms with van der Waals surface area (Å²) in [5.74, 6) is -0.501. The molecule has 2 N–H and O–H groups in total. The molecular formula is C20H24O5. The molecule has 25 heavy (non-hydrogen) atoms. The maximum Gasteiger partial charge on any atom is 0.338 e. The van der Waals surface area contributed by atoms with Crippen molar-refractivity contribution in [3.05, 3.63) is 70.8 Å². The first-order valence-electron chi connectivity index (χ1n) is 8.19. The van der Waals surface area contributed by atoms with Crippen LogP contribution in [0.4, 0.5) is 0 Å². The third-order valence-electron chi connectivity index (χ3n) is 3.95. The van der Waals surface area contributed by atoms with Gasteiger partial charge in [-0.25, -0.2) is 4.79 Å². The van der Waals surface area contributed by atoms with E-state index >= 15 is 0 Å². The molecule has 2 aromatic carbocycles. The minimum atomic E-state index is -1.21. The lowest BCUT2D eigenvalue weighted by Crippen LogP contribution is -2.35. The highest BCUT2D eigenvalue weighted by molar-refractivity contribution is 5.89. The molecule has 0 radical (unpaired) electrons. The monoisotopic (exact) mass is 344 g/mol. The Morgan fingerprint density at radius 2 is 1.52 bits per heavy atom. The van der Waals surface area contributed by atoms with Gasteiger partial charge in [-0.15, -0.1) is 0 Å². The molecule has 2 rings (SSSR count). The summed E-state index contributed by atoms with van der Waals surface area (Å²) in [6.45, 7) is 5.11. The average Bonchev–Trinajstić information content (AvgIpc) is 2.60. The smallest absolute Gasteiger partial charge is 0.338 e. The fourth-order valence-electron chi connectivity index (χ4n) is 2.28. The second-order valence-corrected chi connectivity index (χ2v) is 6.10. The van der Waals surface area contributed by atoms with Crippen LogP contribution >= 0.6 is 0 Å². The molecule has 0 amide bonds. The molecular weight excluding hydrogens is 320 g/mol. The van der Waals surface area contributed by atoms with Gasteiger partial charge < -0.3 is 19.7 Å². The van der Waals surface area contributed by atoms with Crippen molar-refractivity contribution in [1.82, 2.24) is 0 Å². The molecule has 134 valence electrons. The number of aliphatic hydroxyl groups is 2. The molecule has 0 bridgehead atoms. The van der Waals surface area contributed by atoms with Crippen LogP contribution in [0.3, 0.4) is 0 Å². The number of hydrogen-bond acceptors (Lipinski definition) is 5. The Morgan fingerprint density at radius 3 is 2.04 bits per heavy atom. The molecule has 0 fully saturated rings. The molecule has 5 heteroatoms. The zero-order valence-corrected chi connectivity index (χ0v) is 14.7. The van der Waals surface area contributed by atoms with E-state index in [1.54, 1.807) is 31.2 Å². The molecule has 0 heterocycles. The van der Waals surface area contributed by atoms with Crippen LogP contribution in [0.1, 0.15) is 40.3 Å². The van der Waals surface area contributed by atoms with E-state index in [1.807, 2.05) is 38.1 Å². The fourth-order valence-corrected chi connectivity index (χ4v) is 2.28. The number of esters is 1. The van der Waals surface area contributed by atoms with Crippen molar-refractivity contribution in [3.8, 4) is 0 Å². The summed E-state index contributed by atoms with van der Waals surface area (Å²) >= 11 is 0. The number of ether oxygens (including phenoxy) is 2. The van der Waals surface area contributed by atoms with E-state index in [2.05, 4.69) is 0 Å². The molecule has 0 aliphatic rings. The Hall–Kier alpha value is -2.21. The van der Waals surface area contributed by atoms with Crippen molar-refractivity contribution in [3.63, 3.8) is 0 Å². The van der Waals surface area contributed by atoms with E-state index in [0.717, 1.165) is 11.1 Å². The van der Waals surface area contributed by atoms with Crippen LogP contribution in [0.15, 0.2) is 48.5 Å². The Labute approximate surface area is 147 Å². The van der Waals surface area contributed by atoms with Gasteiger partial charge in [0.2, 0.25) is 0 Å². The van der Waals surface area contributed by atoms with E-state index in [-0.39, 0.29) is 6.61 Å². The summed E-state index contributed by atoms with van der Waals surface area (Å²) in [4.78, 5) is 12.2. The molecule has 0 saturated heterocycles. The molecule has 0 saturated carbocycles. The lowest BCUT2D eigenvalue weighted by molar-refractivity contribution is -0.177. The molecule has 3 unspecified atom stereocenters. The van der Waals surface area contributed by atoms with Crippen LogP contribution in [-0.4, -0.2) is 35.0 Å². The molecule has 3 atom stereocenters. The number of rotatable bonds is 7. The fraction of sp³-hybridized carbons (Fsp3) is 0.350. The van der Waals surface area contributed by atoms with Gasteiger partial charge in [-0.2, -0.15) is 0 Å². The number of benzene rings is 2. The van der Waals surface area contributed by atoms with Crippen molar-refractivity contribution in [2.45, 2.75) is 39.3 Å². The van der Waals surface area contributed by atoms with E-state index in [9.17, 15) is 15.0 Å². The number of aryl methyl sites for hydroxylation is 2. The molecule has 0 aliphatic heterocycles. The van der Waals surface area contributed by atoms with Crippen LogP contribution in [-0.2, 0) is 9.47 Å². The first kappa shape index (κ1) is 19.1. The van der Waals surface area contributed by atoms with Crippen molar-refractivity contribution in [1.29, 1.82) is 0 Å². The topological polar surface area (TPSA) is 76.0 Å². The van der Waals surface area contributed by atoms with Crippen molar-refractivity contribution >= 4 is 5.97 Å². The first-order chi connectivity index (χ1) is 11.9. The molecule has 0 spiro atoms. The van der Waals surface area contributed by atoms with Gasteiger partial charge in [0.1, 0.15) is 12.2 Å². The Kier molecular flexibility index (Phi) is 6.70. The van der Waals surface area contributed by atoms with Gasteiger partial charge >= 0.3 is 5.97 Å². The van der Waals surface area contributed by atoms with E-state index in [1.165, 1.54) is 0 Å². The third-order valence-corrected chi connectivity index (χ3v) is 3.95. The SMILES string of the molecule is Cc1ccc(C(=O)OC(C)C(CO)OC(O)c2ccc(C)cc2)cc1. The van der Waals surface area contributed by atoms with Gasteiger partial charge in [-0.1, -0.05) is 47.5 Å². The summed E-state index contributed by atoms with van der Waals surface area (Å²) < 4.78 is 10.8. The number of aliphatic hydroxyl groups excluding tert-OH is 2. The summed E-state index contributed by atoms with van der Waals surface area (Å²) in [5.41, 5.74) is 3.10. The van der Waals surface area contributed by atoms with Crippen molar-refractivity contribution in [2.24, 2.45) is 0 Å². The molecule has 2 aromatic rings. The number of carbonyl (C=O) groups is 1. The zero-order valence-electron chi connectivity index (χ0n) is 14.7. The maximum atomic E-state index is 12.2. The number of hydrogen-bond donors (Lipinski definition) is 2. The van der Waals surface area contributed by atoms with Gasteiger partial charge in [0.05, 0.1) is 12.2 Å². The van der Waals surface area contributed by atoms with Gasteiger partial charge in [-0.05, 0) is 32.9 Å². The summed E-state index contributed by atoms with van der Waals surface area (Å²) in [7, 11) is 0. The second-order valence-electron chi connectivity index (χ2n) is 6.10. The first-order valence-corrected chi connectivity index (χ1v) is 8.19. The minimum Gasteiger partial charge on any atom is -0.456 e. The quantitative estimate of drug-likeness (QED) is 0.597. The van der Waals surface area contributed by atoms with E-state index < -0.39 is 24.5 Å². The summed E-state index contributed by atoms with van der Waals surface area (Å²) in [5, 5.41) is 19.7. The predicted octanol–water partition coefficient (Wildman–Crippen LogP) is 2.92. The van der Waals surface area contributed by atoms with Gasteiger partial charge in [0.25, 0.3) is 0 Å². The summed E-state index contributed by atoms with van der Waals surface area (Å²) in [6.07, 6.45) is -2.78. The Morgan fingerprint density at radius 1 is 1.00 bits per heavy atom. The standard InChI is InChI=1S/C20H24O5/c1-13-4-8-16(9-5-13)19(22)24-15(3)18(12-21)25-20(23)17-10-6-14(2)7-11-17/h4-11,15,18,20-21,23H,12H2,1-3H3. The van der Waals surface area contributed by atoms with Crippen molar-refractivity contribution < 1.29 is 24.5 Å². The second kappa shape index (κ2) is 8.76. The lowest BCUT2D eigenvalue weighted by atomic mass is 10.1. The van der Waals surface area contributed by atoms with Crippen LogP contribution in [0.2, 0.25) is 0 Å². The number of carbonyl (C=O) groups excluding carboxylic acids is 1. The van der Waals surface area contributed by atoms with E-state index in [0.29, 0.717) is 11.1 Å². The van der Waals surface area contributed by atoms with Crippen LogP contribution in [0, 0.1) is 13.8 Å². The third kappa shape index (κ3) is 5.39. The molecule has 0 aromatic heterocycles. The highest BCUT2D eigenvalue weighted by Crippen LogP contribution is 2.19. The van der Waals surface area contributed by atoms with Crippen LogP contribution in [0.25, 0.3) is 0 Å². The molecule has 5 nitrogen and oxygen atoms in total. The maximum absolute atomic E-state index is 12.2. The minimum absolute atomic E-state index is 0.384. The van der Waals surface area contributed by atoms with Gasteiger partial charge in [-0.3, -0.25) is 0 Å².